The van der Waals surface area contributed by atoms with Gasteiger partial charge in [-0.2, -0.15) is 0 Å². The van der Waals surface area contributed by atoms with E-state index >= 15 is 0 Å². The summed E-state index contributed by atoms with van der Waals surface area (Å²) in [6.45, 7) is 3.96. The number of nitrogens with one attached hydrogen (secondary N) is 1. The zero-order valence-electron chi connectivity index (χ0n) is 12.1. The molecule has 1 N–H and O–H groups in total. The lowest BCUT2D eigenvalue weighted by Crippen LogP contribution is -2.34. The molecule has 1 fully saturated rings. The van der Waals surface area contributed by atoms with Gasteiger partial charge in [-0.25, -0.2) is 4.79 Å². The molecule has 1 aromatic rings. The van der Waals surface area contributed by atoms with Gasteiger partial charge in [-0.05, 0) is 18.1 Å². The molecule has 1 saturated heterocycles. The third-order valence-corrected chi connectivity index (χ3v) is 3.38. The number of hydrogen-bond acceptors (Lipinski definition) is 3. The Morgan fingerprint density at radius 2 is 2.05 bits per heavy atom. The first-order valence-corrected chi connectivity index (χ1v) is 7.04. The van der Waals surface area contributed by atoms with Crippen molar-refractivity contribution in [3.05, 3.63) is 29.8 Å². The van der Waals surface area contributed by atoms with Crippen molar-refractivity contribution < 1.29 is 14.3 Å². The summed E-state index contributed by atoms with van der Waals surface area (Å²) in [5, 5.41) is 2.94. The molecule has 1 aliphatic heterocycles. The third kappa shape index (κ3) is 3.95. The van der Waals surface area contributed by atoms with Gasteiger partial charge < -0.3 is 19.7 Å². The summed E-state index contributed by atoms with van der Waals surface area (Å²) in [5.74, 6) is 0. The molecule has 2 amide bonds. The molecule has 0 aromatic heterocycles. The lowest BCUT2D eigenvalue weighted by molar-refractivity contribution is -0.0488. The summed E-state index contributed by atoms with van der Waals surface area (Å²) < 4.78 is 10.7. The minimum atomic E-state index is -0.173. The zero-order chi connectivity index (χ0) is 14.4. The number of aryl methyl sites for hydroxylation is 1. The zero-order valence-corrected chi connectivity index (χ0v) is 12.1. The Hall–Kier alpha value is -1.59. The van der Waals surface area contributed by atoms with Gasteiger partial charge in [0.1, 0.15) is 0 Å². The molecule has 1 aliphatic rings. The van der Waals surface area contributed by atoms with Crippen LogP contribution >= 0.6 is 0 Å². The van der Waals surface area contributed by atoms with Crippen molar-refractivity contribution in [1.29, 1.82) is 0 Å². The van der Waals surface area contributed by atoms with Crippen molar-refractivity contribution in [3.63, 3.8) is 0 Å². The molecular weight excluding hydrogens is 256 g/mol. The third-order valence-electron chi connectivity index (χ3n) is 3.38. The first-order valence-electron chi connectivity index (χ1n) is 7.04. The number of rotatable bonds is 5. The maximum absolute atomic E-state index is 12.1. The van der Waals surface area contributed by atoms with E-state index in [9.17, 15) is 4.79 Å². The molecular formula is C15H22N2O3. The van der Waals surface area contributed by atoms with Gasteiger partial charge in [-0.15, -0.1) is 0 Å². The maximum atomic E-state index is 12.1. The normalized spacial score (nSPS) is 15.3. The van der Waals surface area contributed by atoms with Crippen LogP contribution in [0.4, 0.5) is 10.5 Å². The molecule has 1 heterocycles. The van der Waals surface area contributed by atoms with Gasteiger partial charge in [0.2, 0.25) is 0 Å². The standard InChI is InChI=1S/C15H22N2O3/c1-3-12-6-4-5-7-13(12)16-15(18)17(2)9-8-14-19-10-11-20-14/h4-7,14H,3,8-11H2,1-2H3,(H,16,18). The van der Waals surface area contributed by atoms with Gasteiger partial charge >= 0.3 is 6.03 Å². The Labute approximate surface area is 119 Å². The van der Waals surface area contributed by atoms with Gasteiger partial charge in [0, 0.05) is 25.7 Å². The summed E-state index contributed by atoms with van der Waals surface area (Å²) in [7, 11) is 1.78. The number of benzene rings is 1. The average molecular weight is 278 g/mol. The summed E-state index contributed by atoms with van der Waals surface area (Å²) in [5.41, 5.74) is 2.01. The molecule has 5 heteroatoms. The van der Waals surface area contributed by atoms with E-state index in [1.54, 1.807) is 11.9 Å². The highest BCUT2D eigenvalue weighted by Gasteiger charge is 2.18. The SMILES string of the molecule is CCc1ccccc1NC(=O)N(C)CCC1OCCO1. The lowest BCUT2D eigenvalue weighted by atomic mass is 10.1. The molecule has 0 unspecified atom stereocenters. The number of urea groups is 1. The second-order valence-electron chi connectivity index (χ2n) is 4.82. The Morgan fingerprint density at radius 1 is 1.35 bits per heavy atom. The second-order valence-corrected chi connectivity index (χ2v) is 4.82. The highest BCUT2D eigenvalue weighted by molar-refractivity contribution is 5.89. The lowest BCUT2D eigenvalue weighted by Gasteiger charge is -2.20. The predicted molar refractivity (Wildman–Crippen MR) is 77.8 cm³/mol. The van der Waals surface area contributed by atoms with Crippen molar-refractivity contribution >= 4 is 11.7 Å². The topological polar surface area (TPSA) is 50.8 Å². The van der Waals surface area contributed by atoms with E-state index in [2.05, 4.69) is 12.2 Å². The van der Waals surface area contributed by atoms with Crippen molar-refractivity contribution in [2.45, 2.75) is 26.1 Å². The van der Waals surface area contributed by atoms with E-state index in [4.69, 9.17) is 9.47 Å². The van der Waals surface area contributed by atoms with Crippen LogP contribution in [0.1, 0.15) is 18.9 Å². The molecule has 2 rings (SSSR count). The van der Waals surface area contributed by atoms with E-state index in [-0.39, 0.29) is 12.3 Å². The molecule has 0 bridgehead atoms. The Balaban J connectivity index is 1.83. The van der Waals surface area contributed by atoms with Crippen LogP contribution in [0, 0.1) is 0 Å². The van der Waals surface area contributed by atoms with E-state index < -0.39 is 0 Å². The summed E-state index contributed by atoms with van der Waals surface area (Å²) in [4.78, 5) is 13.8. The minimum absolute atomic E-state index is 0.108. The van der Waals surface area contributed by atoms with Crippen molar-refractivity contribution in [2.24, 2.45) is 0 Å². The van der Waals surface area contributed by atoms with Crippen molar-refractivity contribution in [2.75, 3.05) is 32.1 Å². The average Bonchev–Trinajstić information content (AvgIpc) is 2.98. The summed E-state index contributed by atoms with van der Waals surface area (Å²) in [6, 6.07) is 7.75. The monoisotopic (exact) mass is 278 g/mol. The van der Waals surface area contributed by atoms with Crippen LogP contribution in [0.3, 0.4) is 0 Å². The maximum Gasteiger partial charge on any atom is 0.321 e. The van der Waals surface area contributed by atoms with Gasteiger partial charge in [0.05, 0.1) is 13.2 Å². The van der Waals surface area contributed by atoms with Crippen LogP contribution in [0.25, 0.3) is 0 Å². The van der Waals surface area contributed by atoms with Crippen LogP contribution in [0.15, 0.2) is 24.3 Å². The summed E-state index contributed by atoms with van der Waals surface area (Å²) in [6.07, 6.45) is 1.41. The van der Waals surface area contributed by atoms with Crippen LogP contribution in [-0.2, 0) is 15.9 Å². The first kappa shape index (κ1) is 14.8. The number of para-hydroxylation sites is 1. The Kier molecular flexibility index (Phi) is 5.38. The first-order chi connectivity index (χ1) is 9.70. The molecule has 20 heavy (non-hydrogen) atoms. The molecule has 110 valence electrons. The number of amides is 2. The fourth-order valence-corrected chi connectivity index (χ4v) is 2.14. The number of nitrogens with zero attached hydrogens (tertiary/aromatic N) is 1. The van der Waals surface area contributed by atoms with E-state index in [0.717, 1.165) is 17.7 Å². The van der Waals surface area contributed by atoms with E-state index in [0.29, 0.717) is 26.2 Å². The van der Waals surface area contributed by atoms with Crippen molar-refractivity contribution in [3.8, 4) is 0 Å². The van der Waals surface area contributed by atoms with Crippen LogP contribution < -0.4 is 5.32 Å². The molecule has 0 atom stereocenters. The van der Waals surface area contributed by atoms with E-state index in [1.807, 2.05) is 24.3 Å². The minimum Gasteiger partial charge on any atom is -0.350 e. The fraction of sp³-hybridized carbons (Fsp3) is 0.533. The molecule has 0 spiro atoms. The number of anilines is 1. The number of ether oxygens (including phenoxy) is 2. The second kappa shape index (κ2) is 7.26. The molecule has 5 nitrogen and oxygen atoms in total. The smallest absolute Gasteiger partial charge is 0.321 e. The predicted octanol–water partition coefficient (Wildman–Crippen LogP) is 2.48. The van der Waals surface area contributed by atoms with Crippen LogP contribution in [0.5, 0.6) is 0 Å². The molecule has 1 aromatic carbocycles. The Morgan fingerprint density at radius 3 is 2.75 bits per heavy atom. The highest BCUT2D eigenvalue weighted by Crippen LogP contribution is 2.16. The van der Waals surface area contributed by atoms with Gasteiger partial charge in [-0.1, -0.05) is 25.1 Å². The van der Waals surface area contributed by atoms with Crippen molar-refractivity contribution in [1.82, 2.24) is 4.90 Å². The van der Waals surface area contributed by atoms with Gasteiger partial charge in [-0.3, -0.25) is 0 Å². The fourth-order valence-electron chi connectivity index (χ4n) is 2.14. The quantitative estimate of drug-likeness (QED) is 0.900. The highest BCUT2D eigenvalue weighted by atomic mass is 16.7. The molecule has 0 saturated carbocycles. The number of carbonyl (C=O) groups is 1. The van der Waals surface area contributed by atoms with Crippen LogP contribution in [-0.4, -0.2) is 44.0 Å². The number of carbonyl (C=O) groups excluding carboxylic acids is 1. The Bertz CT molecular complexity index is 444. The molecule has 0 aliphatic carbocycles. The number of hydrogen-bond donors (Lipinski definition) is 1. The van der Waals surface area contributed by atoms with E-state index in [1.165, 1.54) is 0 Å². The molecule has 0 radical (unpaired) electrons. The summed E-state index contributed by atoms with van der Waals surface area (Å²) >= 11 is 0. The van der Waals surface area contributed by atoms with Gasteiger partial charge in [0.15, 0.2) is 6.29 Å². The van der Waals surface area contributed by atoms with Gasteiger partial charge in [0.25, 0.3) is 0 Å². The largest absolute Gasteiger partial charge is 0.350 e. The van der Waals surface area contributed by atoms with Crippen LogP contribution in [0.2, 0.25) is 0 Å².